The van der Waals surface area contributed by atoms with Crippen molar-refractivity contribution in [3.05, 3.63) is 24.0 Å². The standard InChI is InChI=1S/C16H20F6O2S/c1-2-3-11-4-6-12(7-5-11)16(23)24-13-8-9-15(14(17)10-13)25(18,19,20,21)22/h8-12H,2-7H2,1H3/t11-,12-. The molecular formula is C16H20F6O2S. The van der Waals surface area contributed by atoms with E-state index in [9.17, 15) is 28.6 Å². The van der Waals surface area contributed by atoms with Crippen molar-refractivity contribution < 1.29 is 33.4 Å². The highest BCUT2D eigenvalue weighted by atomic mass is 32.5. The van der Waals surface area contributed by atoms with Crippen LogP contribution in [0.3, 0.4) is 0 Å². The molecule has 1 aliphatic carbocycles. The van der Waals surface area contributed by atoms with Gasteiger partial charge in [0.25, 0.3) is 0 Å². The fourth-order valence-electron chi connectivity index (χ4n) is 3.15. The van der Waals surface area contributed by atoms with Crippen LogP contribution in [0.4, 0.5) is 23.8 Å². The van der Waals surface area contributed by atoms with Gasteiger partial charge < -0.3 is 4.74 Å². The number of hydrogen-bond donors (Lipinski definition) is 0. The summed E-state index contributed by atoms with van der Waals surface area (Å²) < 4.78 is 81.6. The number of halogens is 6. The van der Waals surface area contributed by atoms with Gasteiger partial charge in [-0.3, -0.25) is 4.79 Å². The second kappa shape index (κ2) is 6.10. The van der Waals surface area contributed by atoms with E-state index in [4.69, 9.17) is 4.74 Å². The number of esters is 1. The van der Waals surface area contributed by atoms with Crippen molar-refractivity contribution in [2.75, 3.05) is 0 Å². The summed E-state index contributed by atoms with van der Waals surface area (Å²) in [5, 5.41) is 0. The van der Waals surface area contributed by atoms with E-state index >= 15 is 0 Å². The van der Waals surface area contributed by atoms with Gasteiger partial charge in [0.2, 0.25) is 0 Å². The minimum Gasteiger partial charge on any atom is -0.426 e. The third kappa shape index (κ3) is 5.29. The van der Waals surface area contributed by atoms with Gasteiger partial charge in [-0.05, 0) is 43.7 Å². The lowest BCUT2D eigenvalue weighted by atomic mass is 9.80. The van der Waals surface area contributed by atoms with Gasteiger partial charge in [0.1, 0.15) is 16.5 Å². The van der Waals surface area contributed by atoms with Crippen molar-refractivity contribution in [1.29, 1.82) is 0 Å². The van der Waals surface area contributed by atoms with Crippen LogP contribution in [0.1, 0.15) is 45.4 Å². The topological polar surface area (TPSA) is 26.3 Å². The molecule has 9 heteroatoms. The summed E-state index contributed by atoms with van der Waals surface area (Å²) in [5.74, 6) is -3.20. The van der Waals surface area contributed by atoms with Gasteiger partial charge in [-0.15, -0.1) is 0 Å². The van der Waals surface area contributed by atoms with Gasteiger partial charge in [0.15, 0.2) is 0 Å². The van der Waals surface area contributed by atoms with E-state index in [1.165, 1.54) is 0 Å². The van der Waals surface area contributed by atoms with E-state index in [0.717, 1.165) is 25.7 Å². The first-order valence-electron chi connectivity index (χ1n) is 8.05. The van der Waals surface area contributed by atoms with E-state index in [1.807, 2.05) is 0 Å². The normalized spacial score (nSPS) is 24.3. The van der Waals surface area contributed by atoms with Crippen LogP contribution in [0.15, 0.2) is 23.1 Å². The van der Waals surface area contributed by atoms with Crippen LogP contribution >= 0.6 is 10.2 Å². The Morgan fingerprint density at radius 3 is 2.20 bits per heavy atom. The van der Waals surface area contributed by atoms with Crippen LogP contribution in [-0.4, -0.2) is 5.97 Å². The number of carbonyl (C=O) groups is 1. The molecular weight excluding hydrogens is 370 g/mol. The molecule has 0 bridgehead atoms. The molecule has 0 saturated heterocycles. The molecule has 2 rings (SSSR count). The molecule has 25 heavy (non-hydrogen) atoms. The van der Waals surface area contributed by atoms with Crippen molar-refractivity contribution in [2.45, 2.75) is 50.3 Å². The van der Waals surface area contributed by atoms with Gasteiger partial charge in [-0.2, -0.15) is 0 Å². The number of rotatable bonds is 5. The van der Waals surface area contributed by atoms with E-state index < -0.39 is 38.6 Å². The van der Waals surface area contributed by atoms with E-state index in [1.54, 1.807) is 0 Å². The summed E-state index contributed by atoms with van der Waals surface area (Å²) >= 11 is 0. The first-order chi connectivity index (χ1) is 11.3. The second-order valence-electron chi connectivity index (χ2n) is 6.49. The Kier molecular flexibility index (Phi) is 4.87. The Morgan fingerprint density at radius 2 is 1.72 bits per heavy atom. The molecule has 1 aromatic rings. The molecule has 1 fully saturated rings. The highest BCUT2D eigenvalue weighted by Crippen LogP contribution is 3.02. The third-order valence-corrected chi connectivity index (χ3v) is 5.58. The Morgan fingerprint density at radius 1 is 1.12 bits per heavy atom. The van der Waals surface area contributed by atoms with Crippen LogP contribution in [0, 0.1) is 17.7 Å². The minimum absolute atomic E-state index is 0.0857. The average molecular weight is 390 g/mol. The van der Waals surface area contributed by atoms with E-state index in [0.29, 0.717) is 24.8 Å². The van der Waals surface area contributed by atoms with Gasteiger partial charge in [0, 0.05) is 6.07 Å². The maximum absolute atomic E-state index is 13.5. The van der Waals surface area contributed by atoms with Crippen molar-refractivity contribution in [3.63, 3.8) is 0 Å². The first-order valence-corrected chi connectivity index (χ1v) is 10.0. The molecule has 0 heterocycles. The van der Waals surface area contributed by atoms with Gasteiger partial charge >= 0.3 is 16.2 Å². The summed E-state index contributed by atoms with van der Waals surface area (Å²) in [6.45, 7) is 2.07. The summed E-state index contributed by atoms with van der Waals surface area (Å²) in [7, 11) is -10.1. The van der Waals surface area contributed by atoms with Crippen molar-refractivity contribution in [3.8, 4) is 5.75 Å². The van der Waals surface area contributed by atoms with E-state index in [-0.39, 0.29) is 12.1 Å². The zero-order chi connectivity index (χ0) is 18.9. The summed E-state index contributed by atoms with van der Waals surface area (Å²) in [5.41, 5.74) is 0. The predicted octanol–water partition coefficient (Wildman–Crippen LogP) is 7.00. The molecule has 0 radical (unpaired) electrons. The maximum Gasteiger partial charge on any atom is 0.314 e. The molecule has 1 aromatic carbocycles. The molecule has 0 aromatic heterocycles. The lowest BCUT2D eigenvalue weighted by molar-refractivity contribution is -0.140. The van der Waals surface area contributed by atoms with Crippen LogP contribution in [-0.2, 0) is 4.79 Å². The third-order valence-electron chi connectivity index (χ3n) is 4.41. The molecule has 0 spiro atoms. The number of ether oxygens (including phenoxy) is 1. The molecule has 1 aliphatic rings. The van der Waals surface area contributed by atoms with Gasteiger partial charge in [-0.1, -0.05) is 39.2 Å². The number of carbonyl (C=O) groups excluding carboxylic acids is 1. The predicted molar refractivity (Wildman–Crippen MR) is 83.8 cm³/mol. The van der Waals surface area contributed by atoms with Gasteiger partial charge in [-0.25, -0.2) is 4.39 Å². The zero-order valence-corrected chi connectivity index (χ0v) is 14.4. The molecule has 1 saturated carbocycles. The highest BCUT2D eigenvalue weighted by Gasteiger charge is 2.67. The molecule has 0 amide bonds. The molecule has 0 atom stereocenters. The van der Waals surface area contributed by atoms with Crippen LogP contribution < -0.4 is 4.74 Å². The molecule has 2 nitrogen and oxygen atoms in total. The van der Waals surface area contributed by atoms with Crippen molar-refractivity contribution in [1.82, 2.24) is 0 Å². The van der Waals surface area contributed by atoms with Crippen LogP contribution in [0.5, 0.6) is 5.75 Å². The largest absolute Gasteiger partial charge is 0.426 e. The smallest absolute Gasteiger partial charge is 0.314 e. The first kappa shape index (κ1) is 19.9. The van der Waals surface area contributed by atoms with Crippen LogP contribution in [0.25, 0.3) is 0 Å². The SMILES string of the molecule is CCC[C@H]1CC[C@H](C(=O)Oc2ccc(S(F)(F)(F)(F)F)c(F)c2)CC1. The Balaban J connectivity index is 2.05. The fourth-order valence-corrected chi connectivity index (χ4v) is 3.91. The lowest BCUT2D eigenvalue weighted by Gasteiger charge is -2.40. The molecule has 0 N–H and O–H groups in total. The van der Waals surface area contributed by atoms with Crippen LogP contribution in [0.2, 0.25) is 0 Å². The minimum atomic E-state index is -10.1. The number of benzene rings is 1. The summed E-state index contributed by atoms with van der Waals surface area (Å²) in [4.78, 5) is 9.43. The zero-order valence-electron chi connectivity index (χ0n) is 13.6. The van der Waals surface area contributed by atoms with Crippen molar-refractivity contribution >= 4 is 16.2 Å². The maximum atomic E-state index is 13.5. The lowest BCUT2D eigenvalue weighted by Crippen LogP contribution is -2.25. The molecule has 0 unspecified atom stereocenters. The molecule has 144 valence electrons. The Labute approximate surface area is 142 Å². The quantitative estimate of drug-likeness (QED) is 0.307. The monoisotopic (exact) mass is 390 g/mol. The van der Waals surface area contributed by atoms with Gasteiger partial charge in [0.05, 0.1) is 5.92 Å². The molecule has 0 aliphatic heterocycles. The Bertz CT molecular complexity index is 650. The summed E-state index contributed by atoms with van der Waals surface area (Å²) in [6, 6.07) is 0.627. The second-order valence-corrected chi connectivity index (χ2v) is 8.87. The fraction of sp³-hybridized carbons (Fsp3) is 0.562. The summed E-state index contributed by atoms with van der Waals surface area (Å²) in [6.07, 6.45) is 5.02. The van der Waals surface area contributed by atoms with Crippen molar-refractivity contribution in [2.24, 2.45) is 11.8 Å². The Hall–Kier alpha value is -1.38. The van der Waals surface area contributed by atoms with E-state index in [2.05, 4.69) is 6.92 Å². The highest BCUT2D eigenvalue weighted by molar-refractivity contribution is 8.45. The average Bonchev–Trinajstić information content (AvgIpc) is 2.45. The number of hydrogen-bond acceptors (Lipinski definition) is 2.